The minimum absolute atomic E-state index is 0. The molecule has 0 unspecified atom stereocenters. The summed E-state index contributed by atoms with van der Waals surface area (Å²) in [6.07, 6.45) is 0.200. The molecule has 0 aliphatic heterocycles. The van der Waals surface area contributed by atoms with Crippen LogP contribution in [0.15, 0.2) is 30.3 Å². The Morgan fingerprint density at radius 3 is 2.16 bits per heavy atom. The van der Waals surface area contributed by atoms with Crippen molar-refractivity contribution in [1.82, 2.24) is 0 Å². The first-order valence-corrected chi connectivity index (χ1v) is 9.62. The van der Waals surface area contributed by atoms with Crippen LogP contribution in [-0.2, 0) is 11.2 Å². The van der Waals surface area contributed by atoms with E-state index in [1.165, 1.54) is 0 Å². The van der Waals surface area contributed by atoms with E-state index >= 15 is 0 Å². The average Bonchev–Trinajstić information content (AvgIpc) is 2.46. The molecule has 0 aromatic heterocycles. The van der Waals surface area contributed by atoms with E-state index in [1.54, 1.807) is 18.2 Å². The predicted molar refractivity (Wildman–Crippen MR) is 109 cm³/mol. The molecule has 5 nitrogen and oxygen atoms in total. The molecule has 0 aliphatic carbocycles. The molecule has 0 fully saturated rings. The van der Waals surface area contributed by atoms with Crippen molar-refractivity contribution in [3.8, 4) is 17.2 Å². The minimum atomic E-state index is -1.27. The molecule has 0 bridgehead atoms. The van der Waals surface area contributed by atoms with Crippen LogP contribution in [-0.4, -0.2) is 17.1 Å². The van der Waals surface area contributed by atoms with Crippen molar-refractivity contribution in [3.63, 3.8) is 0 Å². The fourth-order valence-corrected chi connectivity index (χ4v) is 4.44. The molecule has 2 aromatic rings. The Kier molecular flexibility index (Phi) is 13.1. The van der Waals surface area contributed by atoms with Crippen LogP contribution < -0.4 is 74.7 Å². The molecule has 2 aromatic carbocycles. The Balaban J connectivity index is 0.00000288. The summed E-state index contributed by atoms with van der Waals surface area (Å²) in [4.78, 5) is 10.8. The number of nitrogens with two attached hydrogens (primary N) is 1. The van der Waals surface area contributed by atoms with Crippen molar-refractivity contribution in [2.75, 3.05) is 0 Å². The molecule has 0 spiro atoms. The van der Waals surface area contributed by atoms with Gasteiger partial charge in [-0.25, -0.2) is 0 Å². The maximum Gasteiger partial charge on any atom is 1.00 e. The van der Waals surface area contributed by atoms with Crippen LogP contribution in [0.5, 0.6) is 17.2 Å². The molecule has 10 heteroatoms. The Hall–Kier alpha value is 1.66. The Bertz CT molecular complexity index is 739. The molecule has 3 N–H and O–H groups in total. The molecule has 0 aliphatic rings. The molecule has 0 amide bonds. The van der Waals surface area contributed by atoms with Gasteiger partial charge in [-0.3, -0.25) is 0 Å². The van der Waals surface area contributed by atoms with Gasteiger partial charge in [0.15, 0.2) is 5.75 Å². The standard InChI is InChI=1S/C15H12I3NO4.2Na/c16-9-6-8(1-2-13(9)20)23-14-10(17)3-7(4-11(14)18)5-12(19)15(21)22;;/h1-4,6,12,20H,5,19H2,(H,21,22);;/q;2*+1/p-1/t12-;;/m0../s1. The number of halogens is 3. The number of rotatable bonds is 5. The second kappa shape index (κ2) is 12.3. The number of phenols is 1. The number of aromatic hydroxyl groups is 1. The van der Waals surface area contributed by atoms with Gasteiger partial charge in [0.2, 0.25) is 0 Å². The molecule has 2 rings (SSSR count). The van der Waals surface area contributed by atoms with Crippen LogP contribution in [0.2, 0.25) is 0 Å². The van der Waals surface area contributed by atoms with Crippen molar-refractivity contribution >= 4 is 73.7 Å². The first-order valence-electron chi connectivity index (χ1n) is 6.38. The van der Waals surface area contributed by atoms with Crippen LogP contribution in [0.1, 0.15) is 5.56 Å². The van der Waals surface area contributed by atoms with E-state index in [0.717, 1.165) is 12.7 Å². The molecular formula is C15H11I3NNa2O4+. The van der Waals surface area contributed by atoms with Gasteiger partial charge < -0.3 is 25.5 Å². The van der Waals surface area contributed by atoms with Gasteiger partial charge in [-0.1, -0.05) is 0 Å². The van der Waals surface area contributed by atoms with E-state index in [9.17, 15) is 15.0 Å². The van der Waals surface area contributed by atoms with Crippen molar-refractivity contribution in [2.24, 2.45) is 5.73 Å². The van der Waals surface area contributed by atoms with Crippen LogP contribution in [0, 0.1) is 10.7 Å². The number of hydrogen-bond acceptors (Lipinski definition) is 5. The maximum atomic E-state index is 10.8. The first-order chi connectivity index (χ1) is 10.8. The van der Waals surface area contributed by atoms with Gasteiger partial charge in [0, 0.05) is 6.04 Å². The summed E-state index contributed by atoms with van der Waals surface area (Å²) in [6.45, 7) is 0. The number of carbonyl (C=O) groups excluding carboxylic acids is 1. The maximum absolute atomic E-state index is 10.8. The Labute approximate surface area is 230 Å². The largest absolute Gasteiger partial charge is 1.00 e. The SMILES string of the molecule is N[C@@H](Cc1cc(I)c(Oc2ccc(O)c(I)c2)c(I)c1)C(=O)[O-].[Na+].[Na+]. The van der Waals surface area contributed by atoms with Gasteiger partial charge in [-0.2, -0.15) is 0 Å². The van der Waals surface area contributed by atoms with E-state index in [1.807, 2.05) is 34.7 Å². The zero-order chi connectivity index (χ0) is 17.1. The van der Waals surface area contributed by atoms with E-state index in [2.05, 4.69) is 45.2 Å². The van der Waals surface area contributed by atoms with Crippen LogP contribution in [0.4, 0.5) is 0 Å². The van der Waals surface area contributed by atoms with Gasteiger partial charge in [0.1, 0.15) is 11.5 Å². The molecule has 0 saturated heterocycles. The fourth-order valence-electron chi connectivity index (χ4n) is 1.83. The molecule has 122 valence electrons. The quantitative estimate of drug-likeness (QED) is 0.252. The summed E-state index contributed by atoms with van der Waals surface area (Å²) in [7, 11) is 0. The summed E-state index contributed by atoms with van der Waals surface area (Å²) >= 11 is 6.29. The summed E-state index contributed by atoms with van der Waals surface area (Å²) < 4.78 is 8.28. The van der Waals surface area contributed by atoms with E-state index in [0.29, 0.717) is 15.1 Å². The van der Waals surface area contributed by atoms with E-state index in [-0.39, 0.29) is 71.3 Å². The molecule has 1 atom stereocenters. The van der Waals surface area contributed by atoms with Crippen molar-refractivity contribution in [2.45, 2.75) is 12.5 Å². The second-order valence-electron chi connectivity index (χ2n) is 4.73. The zero-order valence-corrected chi connectivity index (χ0v) is 24.0. The summed E-state index contributed by atoms with van der Waals surface area (Å²) in [6, 6.07) is 7.64. The van der Waals surface area contributed by atoms with Crippen molar-refractivity contribution in [1.29, 1.82) is 0 Å². The third-order valence-corrected chi connectivity index (χ3v) is 5.42. The third kappa shape index (κ3) is 7.89. The van der Waals surface area contributed by atoms with Crippen LogP contribution >= 0.6 is 67.8 Å². The normalized spacial score (nSPS) is 11.0. The van der Waals surface area contributed by atoms with Gasteiger partial charge in [0.25, 0.3) is 0 Å². The molecule has 0 heterocycles. The number of ether oxygens (including phenoxy) is 1. The van der Waals surface area contributed by atoms with Crippen molar-refractivity contribution < 1.29 is 78.9 Å². The molecular weight excluding hydrogens is 685 g/mol. The number of benzene rings is 2. The monoisotopic (exact) mass is 696 g/mol. The predicted octanol–water partition coefficient (Wildman–Crippen LogP) is -3.37. The van der Waals surface area contributed by atoms with Gasteiger partial charge in [-0.05, 0) is 110 Å². The summed E-state index contributed by atoms with van der Waals surface area (Å²) in [5.74, 6) is 0.226. The number of carboxylic acid groups (broad SMARTS) is 1. The number of carbonyl (C=O) groups is 1. The third-order valence-electron chi connectivity index (χ3n) is 2.96. The fraction of sp³-hybridized carbons (Fsp3) is 0.133. The minimum Gasteiger partial charge on any atom is -0.548 e. The first kappa shape index (κ1) is 26.7. The Morgan fingerprint density at radius 1 is 1.12 bits per heavy atom. The van der Waals surface area contributed by atoms with Crippen molar-refractivity contribution in [3.05, 3.63) is 46.6 Å². The number of aliphatic carboxylic acids is 1. The van der Waals surface area contributed by atoms with Gasteiger partial charge >= 0.3 is 59.1 Å². The number of phenolic OH excluding ortho intramolecular Hbond substituents is 1. The Morgan fingerprint density at radius 2 is 1.68 bits per heavy atom. The average molecular weight is 696 g/mol. The smallest absolute Gasteiger partial charge is 0.548 e. The van der Waals surface area contributed by atoms with Crippen LogP contribution in [0.25, 0.3) is 0 Å². The summed E-state index contributed by atoms with van der Waals surface area (Å²) in [5, 5.41) is 20.3. The number of hydrogen-bond donors (Lipinski definition) is 2. The molecule has 0 saturated carbocycles. The topological polar surface area (TPSA) is 95.6 Å². The van der Waals surface area contributed by atoms with Crippen LogP contribution in [0.3, 0.4) is 0 Å². The van der Waals surface area contributed by atoms with Gasteiger partial charge in [-0.15, -0.1) is 0 Å². The van der Waals surface area contributed by atoms with Gasteiger partial charge in [0.05, 0.1) is 16.7 Å². The number of carboxylic acids is 1. The second-order valence-corrected chi connectivity index (χ2v) is 8.22. The van der Waals surface area contributed by atoms with E-state index in [4.69, 9.17) is 10.5 Å². The molecule has 0 radical (unpaired) electrons. The zero-order valence-electron chi connectivity index (χ0n) is 13.6. The van der Waals surface area contributed by atoms with E-state index < -0.39 is 12.0 Å². The molecule has 25 heavy (non-hydrogen) atoms. The summed E-state index contributed by atoms with van der Waals surface area (Å²) in [5.41, 5.74) is 6.33.